The van der Waals surface area contributed by atoms with Gasteiger partial charge in [-0.2, -0.15) is 0 Å². The van der Waals surface area contributed by atoms with Crippen molar-refractivity contribution in [1.29, 1.82) is 0 Å². The van der Waals surface area contributed by atoms with Crippen LogP contribution < -0.4 is 4.74 Å². The number of carbonyl (C=O) groups is 1. The van der Waals surface area contributed by atoms with Crippen molar-refractivity contribution in [3.8, 4) is 5.75 Å². The molecule has 0 unspecified atom stereocenters. The van der Waals surface area contributed by atoms with Crippen LogP contribution in [0.2, 0.25) is 5.02 Å². The summed E-state index contributed by atoms with van der Waals surface area (Å²) in [6.45, 7) is 0.321. The Morgan fingerprint density at radius 1 is 1.16 bits per heavy atom. The molecule has 0 aliphatic rings. The number of hydrogen-bond acceptors (Lipinski definition) is 5. The van der Waals surface area contributed by atoms with Crippen LogP contribution in [-0.2, 0) is 11.4 Å². The van der Waals surface area contributed by atoms with E-state index in [-0.39, 0.29) is 10.1 Å². The number of benzene rings is 3. The number of fused-ring (bicyclic) bond motifs is 1. The number of carboxylic acid groups (broad SMARTS) is 1. The number of thioether (sulfide) groups is 1. The average molecular weight is 517 g/mol. The Balaban J connectivity index is 1.52. The minimum Gasteiger partial charge on any atom is -0.488 e. The zero-order valence-electron chi connectivity index (χ0n) is 15.9. The van der Waals surface area contributed by atoms with Crippen LogP contribution in [0.1, 0.15) is 11.1 Å². The third-order valence-corrected chi connectivity index (χ3v) is 6.13. The topological polar surface area (TPSA) is 72.6 Å². The van der Waals surface area contributed by atoms with Crippen LogP contribution >= 0.6 is 39.3 Å². The van der Waals surface area contributed by atoms with E-state index in [2.05, 4.69) is 20.9 Å². The molecule has 4 aromatic rings. The van der Waals surface area contributed by atoms with Gasteiger partial charge < -0.3 is 14.3 Å². The second-order valence-corrected chi connectivity index (χ2v) is 8.69. The van der Waals surface area contributed by atoms with E-state index in [0.29, 0.717) is 38.5 Å². The molecule has 4 rings (SSSR count). The summed E-state index contributed by atoms with van der Waals surface area (Å²) in [4.78, 5) is 16.2. The number of carboxylic acids is 1. The summed E-state index contributed by atoms with van der Waals surface area (Å²) < 4.78 is 12.2. The molecule has 5 nitrogen and oxygen atoms in total. The first-order valence-corrected chi connectivity index (χ1v) is 11.1. The third-order valence-electron chi connectivity index (χ3n) is 4.28. The zero-order chi connectivity index (χ0) is 21.8. The maximum atomic E-state index is 11.8. The highest BCUT2D eigenvalue weighted by atomic mass is 79.9. The van der Waals surface area contributed by atoms with Crippen LogP contribution in [0, 0.1) is 0 Å². The van der Waals surface area contributed by atoms with Crippen LogP contribution in [0.5, 0.6) is 5.75 Å². The van der Waals surface area contributed by atoms with E-state index in [1.165, 1.54) is 0 Å². The SMILES string of the molecule is O=C(O)/C(=C/c1ccc(OCc2ccccc2Cl)c(Br)c1)Sc1nc2ccccc2o1. The molecular formula is C23H15BrClNO4S. The fraction of sp³-hybridized carbons (Fsp3) is 0.0435. The van der Waals surface area contributed by atoms with Crippen LogP contribution in [0.3, 0.4) is 0 Å². The number of rotatable bonds is 7. The number of aromatic nitrogens is 1. The van der Waals surface area contributed by atoms with Gasteiger partial charge in [-0.05, 0) is 69.7 Å². The lowest BCUT2D eigenvalue weighted by Gasteiger charge is -2.10. The molecular weight excluding hydrogens is 502 g/mol. The monoisotopic (exact) mass is 515 g/mol. The summed E-state index contributed by atoms with van der Waals surface area (Å²) >= 11 is 10.6. The summed E-state index contributed by atoms with van der Waals surface area (Å²) in [6.07, 6.45) is 1.56. The number of para-hydroxylation sites is 2. The van der Waals surface area contributed by atoms with Gasteiger partial charge in [-0.25, -0.2) is 9.78 Å². The van der Waals surface area contributed by atoms with Crippen molar-refractivity contribution < 1.29 is 19.1 Å². The van der Waals surface area contributed by atoms with Crippen LogP contribution in [0.25, 0.3) is 17.2 Å². The number of hydrogen-bond donors (Lipinski definition) is 1. The Kier molecular flexibility index (Phi) is 6.65. The highest BCUT2D eigenvalue weighted by Crippen LogP contribution is 2.33. The number of ether oxygens (including phenoxy) is 1. The maximum absolute atomic E-state index is 11.8. The standard InChI is InChI=1S/C23H15BrClNO4S/c24-16-11-14(9-10-19(16)29-13-15-5-1-2-6-17(15)25)12-21(22(27)28)31-23-26-18-7-3-4-8-20(18)30-23/h1-12H,13H2,(H,27,28)/b21-12-. The predicted molar refractivity (Wildman–Crippen MR) is 125 cm³/mol. The van der Waals surface area contributed by atoms with Gasteiger partial charge in [-0.1, -0.05) is 48.0 Å². The lowest BCUT2D eigenvalue weighted by Crippen LogP contribution is -1.98. The van der Waals surface area contributed by atoms with Gasteiger partial charge in [0.25, 0.3) is 5.22 Å². The molecule has 0 amide bonds. The van der Waals surface area contributed by atoms with Crippen LogP contribution in [0.15, 0.2) is 85.7 Å². The van der Waals surface area contributed by atoms with E-state index in [1.54, 1.807) is 30.3 Å². The Hall–Kier alpha value is -2.74. The second kappa shape index (κ2) is 9.60. The smallest absolute Gasteiger partial charge is 0.342 e. The van der Waals surface area contributed by atoms with Gasteiger partial charge >= 0.3 is 5.97 Å². The van der Waals surface area contributed by atoms with Crippen molar-refractivity contribution in [2.24, 2.45) is 0 Å². The lowest BCUT2D eigenvalue weighted by molar-refractivity contribution is -0.131. The predicted octanol–water partition coefficient (Wildman–Crippen LogP) is 7.04. The molecule has 0 aliphatic carbocycles. The van der Waals surface area contributed by atoms with Crippen molar-refractivity contribution in [1.82, 2.24) is 4.98 Å². The largest absolute Gasteiger partial charge is 0.488 e. The third kappa shape index (κ3) is 5.31. The van der Waals surface area contributed by atoms with Crippen LogP contribution in [0.4, 0.5) is 0 Å². The lowest BCUT2D eigenvalue weighted by atomic mass is 10.2. The van der Waals surface area contributed by atoms with E-state index in [1.807, 2.05) is 42.5 Å². The molecule has 0 aliphatic heterocycles. The van der Waals surface area contributed by atoms with Gasteiger partial charge in [0.15, 0.2) is 5.58 Å². The molecule has 0 radical (unpaired) electrons. The minimum absolute atomic E-state index is 0.0863. The highest BCUT2D eigenvalue weighted by molar-refractivity contribution is 9.10. The minimum atomic E-state index is -1.07. The molecule has 0 bridgehead atoms. The average Bonchev–Trinajstić information content (AvgIpc) is 3.16. The molecule has 156 valence electrons. The maximum Gasteiger partial charge on any atom is 0.342 e. The van der Waals surface area contributed by atoms with Gasteiger partial charge in [-0.15, -0.1) is 0 Å². The molecule has 0 fully saturated rings. The molecule has 3 aromatic carbocycles. The molecule has 1 N–H and O–H groups in total. The first-order valence-electron chi connectivity index (χ1n) is 9.14. The van der Waals surface area contributed by atoms with Gasteiger partial charge in [-0.3, -0.25) is 0 Å². The molecule has 0 saturated heterocycles. The van der Waals surface area contributed by atoms with Crippen LogP contribution in [-0.4, -0.2) is 16.1 Å². The van der Waals surface area contributed by atoms with Crippen molar-refractivity contribution in [3.05, 3.63) is 92.3 Å². The van der Waals surface area contributed by atoms with Gasteiger partial charge in [0.2, 0.25) is 0 Å². The highest BCUT2D eigenvalue weighted by Gasteiger charge is 2.15. The summed E-state index contributed by atoms with van der Waals surface area (Å²) in [6, 6.07) is 20.1. The number of oxazole rings is 1. The summed E-state index contributed by atoms with van der Waals surface area (Å²) in [5.74, 6) is -0.442. The van der Waals surface area contributed by atoms with E-state index in [0.717, 1.165) is 17.3 Å². The summed E-state index contributed by atoms with van der Waals surface area (Å²) in [7, 11) is 0. The Bertz CT molecular complexity index is 1250. The Labute approximate surface area is 195 Å². The Morgan fingerprint density at radius 2 is 1.94 bits per heavy atom. The summed E-state index contributed by atoms with van der Waals surface area (Å²) in [5.41, 5.74) is 2.86. The van der Waals surface area contributed by atoms with Gasteiger partial charge in [0, 0.05) is 10.6 Å². The molecule has 1 heterocycles. The van der Waals surface area contributed by atoms with Gasteiger partial charge in [0.05, 0.1) is 4.47 Å². The van der Waals surface area contributed by atoms with E-state index in [4.69, 9.17) is 20.8 Å². The number of halogens is 2. The van der Waals surface area contributed by atoms with E-state index >= 15 is 0 Å². The fourth-order valence-electron chi connectivity index (χ4n) is 2.77. The zero-order valence-corrected chi connectivity index (χ0v) is 19.1. The molecule has 31 heavy (non-hydrogen) atoms. The van der Waals surface area contributed by atoms with Crippen molar-refractivity contribution in [3.63, 3.8) is 0 Å². The van der Waals surface area contributed by atoms with Gasteiger partial charge in [0.1, 0.15) is 22.8 Å². The second-order valence-electron chi connectivity index (χ2n) is 6.43. The van der Waals surface area contributed by atoms with E-state index in [9.17, 15) is 9.90 Å². The normalized spacial score (nSPS) is 11.6. The number of nitrogens with zero attached hydrogens (tertiary/aromatic N) is 1. The molecule has 8 heteroatoms. The molecule has 0 atom stereocenters. The first kappa shape index (κ1) is 21.5. The summed E-state index contributed by atoms with van der Waals surface area (Å²) in [5, 5.41) is 10.5. The molecule has 1 aromatic heterocycles. The molecule has 0 saturated carbocycles. The van der Waals surface area contributed by atoms with E-state index < -0.39 is 5.97 Å². The molecule has 0 spiro atoms. The quantitative estimate of drug-likeness (QED) is 0.210. The first-order chi connectivity index (χ1) is 15.0. The Morgan fingerprint density at radius 3 is 2.68 bits per heavy atom. The van der Waals surface area contributed by atoms with Crippen molar-refractivity contribution in [2.45, 2.75) is 11.8 Å². The van der Waals surface area contributed by atoms with Crippen molar-refractivity contribution >= 4 is 62.4 Å². The number of aliphatic carboxylic acids is 1. The fourth-order valence-corrected chi connectivity index (χ4v) is 4.22. The van der Waals surface area contributed by atoms with Crippen molar-refractivity contribution in [2.75, 3.05) is 0 Å².